The molecule has 0 bridgehead atoms. The van der Waals surface area contributed by atoms with Gasteiger partial charge in [-0.05, 0) is 36.2 Å². The molecule has 0 spiro atoms. The highest BCUT2D eigenvalue weighted by Crippen LogP contribution is 2.30. The zero-order valence-electron chi connectivity index (χ0n) is 11.8. The molecule has 2 aromatic rings. The van der Waals surface area contributed by atoms with Crippen molar-refractivity contribution < 1.29 is 9.53 Å². The van der Waals surface area contributed by atoms with Crippen molar-refractivity contribution in [1.29, 1.82) is 0 Å². The highest BCUT2D eigenvalue weighted by molar-refractivity contribution is 5.97. The Morgan fingerprint density at radius 3 is 2.95 bits per heavy atom. The fraction of sp³-hybridized carbons (Fsp3) is 0.250. The number of pyridine rings is 1. The minimum absolute atomic E-state index is 0.108. The van der Waals surface area contributed by atoms with Crippen LogP contribution < -0.4 is 15.4 Å². The molecule has 0 saturated carbocycles. The third-order valence-electron chi connectivity index (χ3n) is 3.36. The molecule has 2 N–H and O–H groups in total. The van der Waals surface area contributed by atoms with Crippen LogP contribution in [0.2, 0.25) is 0 Å². The normalized spacial score (nSPS) is 16.8. The largest absolute Gasteiger partial charge is 0.479 e. The number of hydrogen-bond donors (Lipinski definition) is 2. The van der Waals surface area contributed by atoms with E-state index in [0.717, 1.165) is 29.1 Å². The van der Waals surface area contributed by atoms with Crippen LogP contribution in [0.15, 0.2) is 42.7 Å². The first-order chi connectivity index (χ1) is 10.2. The number of benzene rings is 1. The fourth-order valence-electron chi connectivity index (χ4n) is 2.22. The summed E-state index contributed by atoms with van der Waals surface area (Å²) in [6, 6.07) is 9.78. The van der Waals surface area contributed by atoms with Crippen molar-refractivity contribution in [1.82, 2.24) is 10.3 Å². The van der Waals surface area contributed by atoms with Crippen molar-refractivity contribution in [3.05, 3.63) is 53.9 Å². The summed E-state index contributed by atoms with van der Waals surface area (Å²) >= 11 is 0. The van der Waals surface area contributed by atoms with Gasteiger partial charge in [0.25, 0.3) is 5.91 Å². The van der Waals surface area contributed by atoms with Gasteiger partial charge in [0, 0.05) is 25.5 Å². The Hall–Kier alpha value is -2.40. The van der Waals surface area contributed by atoms with Crippen LogP contribution in [-0.2, 0) is 17.9 Å². The molecule has 2 heterocycles. The molecule has 5 nitrogen and oxygen atoms in total. The second-order valence-corrected chi connectivity index (χ2v) is 5.04. The maximum absolute atomic E-state index is 11.6. The highest BCUT2D eigenvalue weighted by atomic mass is 16.5. The Kier molecular flexibility index (Phi) is 3.83. The SMILES string of the molecule is CC1Oc2ccc(CNCc3cccnc3)cc2NC1=O. The van der Waals surface area contributed by atoms with Gasteiger partial charge in [0.1, 0.15) is 5.75 Å². The van der Waals surface area contributed by atoms with Gasteiger partial charge in [0.2, 0.25) is 0 Å². The summed E-state index contributed by atoms with van der Waals surface area (Å²) in [5.41, 5.74) is 2.97. The predicted molar refractivity (Wildman–Crippen MR) is 79.9 cm³/mol. The molecule has 0 saturated heterocycles. The van der Waals surface area contributed by atoms with Crippen molar-refractivity contribution in [2.45, 2.75) is 26.1 Å². The molecule has 1 aromatic heterocycles. The van der Waals surface area contributed by atoms with Crippen LogP contribution in [0, 0.1) is 0 Å². The summed E-state index contributed by atoms with van der Waals surface area (Å²) in [5, 5.41) is 6.21. The molecule has 1 aromatic carbocycles. The van der Waals surface area contributed by atoms with Crippen molar-refractivity contribution >= 4 is 11.6 Å². The Labute approximate surface area is 123 Å². The Bertz CT molecular complexity index is 643. The summed E-state index contributed by atoms with van der Waals surface area (Å²) in [5.74, 6) is 0.612. The van der Waals surface area contributed by atoms with Gasteiger partial charge in [-0.25, -0.2) is 0 Å². The fourth-order valence-corrected chi connectivity index (χ4v) is 2.22. The van der Waals surface area contributed by atoms with Crippen LogP contribution in [-0.4, -0.2) is 17.0 Å². The van der Waals surface area contributed by atoms with Gasteiger partial charge in [-0.2, -0.15) is 0 Å². The van der Waals surface area contributed by atoms with Crippen molar-refractivity contribution in [2.75, 3.05) is 5.32 Å². The number of amides is 1. The van der Waals surface area contributed by atoms with Gasteiger partial charge >= 0.3 is 0 Å². The highest BCUT2D eigenvalue weighted by Gasteiger charge is 2.23. The van der Waals surface area contributed by atoms with E-state index in [1.807, 2.05) is 36.5 Å². The molecule has 3 rings (SSSR count). The van der Waals surface area contributed by atoms with E-state index < -0.39 is 6.10 Å². The Morgan fingerprint density at radius 2 is 2.14 bits per heavy atom. The third-order valence-corrected chi connectivity index (χ3v) is 3.36. The number of aromatic nitrogens is 1. The average molecular weight is 283 g/mol. The predicted octanol–water partition coefficient (Wildman–Crippen LogP) is 2.09. The summed E-state index contributed by atoms with van der Waals surface area (Å²) in [7, 11) is 0. The number of anilines is 1. The molecule has 5 heteroatoms. The number of nitrogens with zero attached hydrogens (tertiary/aromatic N) is 1. The van der Waals surface area contributed by atoms with Crippen LogP contribution >= 0.6 is 0 Å². The Balaban J connectivity index is 1.62. The van der Waals surface area contributed by atoms with E-state index in [9.17, 15) is 4.79 Å². The molecule has 0 fully saturated rings. The lowest BCUT2D eigenvalue weighted by Crippen LogP contribution is -2.34. The minimum Gasteiger partial charge on any atom is -0.479 e. The molecule has 0 aliphatic carbocycles. The lowest BCUT2D eigenvalue weighted by molar-refractivity contribution is -0.122. The van der Waals surface area contributed by atoms with E-state index in [2.05, 4.69) is 15.6 Å². The monoisotopic (exact) mass is 283 g/mol. The lowest BCUT2D eigenvalue weighted by atomic mass is 10.1. The van der Waals surface area contributed by atoms with Gasteiger partial charge in [-0.1, -0.05) is 12.1 Å². The van der Waals surface area contributed by atoms with Crippen molar-refractivity contribution in [3.63, 3.8) is 0 Å². The maximum atomic E-state index is 11.6. The minimum atomic E-state index is -0.438. The first-order valence-electron chi connectivity index (χ1n) is 6.92. The molecule has 108 valence electrons. The number of hydrogen-bond acceptors (Lipinski definition) is 4. The summed E-state index contributed by atoms with van der Waals surface area (Å²) in [6.07, 6.45) is 3.17. The standard InChI is InChI=1S/C16H17N3O2/c1-11-16(20)19-14-7-12(4-5-15(14)21-11)8-18-10-13-3-2-6-17-9-13/h2-7,9,11,18H,8,10H2,1H3,(H,19,20). The topological polar surface area (TPSA) is 63.2 Å². The molecule has 1 aliphatic rings. The molecular weight excluding hydrogens is 266 g/mol. The number of fused-ring (bicyclic) bond motifs is 1. The van der Waals surface area contributed by atoms with E-state index in [1.165, 1.54) is 0 Å². The number of rotatable bonds is 4. The number of ether oxygens (including phenoxy) is 1. The smallest absolute Gasteiger partial charge is 0.265 e. The van der Waals surface area contributed by atoms with E-state index in [0.29, 0.717) is 6.54 Å². The quantitative estimate of drug-likeness (QED) is 0.902. The van der Waals surface area contributed by atoms with Crippen molar-refractivity contribution in [2.24, 2.45) is 0 Å². The van der Waals surface area contributed by atoms with E-state index in [1.54, 1.807) is 13.1 Å². The lowest BCUT2D eigenvalue weighted by Gasteiger charge is -2.23. The molecular formula is C16H17N3O2. The molecule has 1 aliphatic heterocycles. The van der Waals surface area contributed by atoms with Crippen LogP contribution in [0.25, 0.3) is 0 Å². The van der Waals surface area contributed by atoms with E-state index in [-0.39, 0.29) is 5.91 Å². The maximum Gasteiger partial charge on any atom is 0.265 e. The Morgan fingerprint density at radius 1 is 1.29 bits per heavy atom. The van der Waals surface area contributed by atoms with Gasteiger partial charge in [0.15, 0.2) is 6.10 Å². The molecule has 1 atom stereocenters. The van der Waals surface area contributed by atoms with Gasteiger partial charge < -0.3 is 15.4 Å². The summed E-state index contributed by atoms with van der Waals surface area (Å²) < 4.78 is 5.53. The van der Waals surface area contributed by atoms with Gasteiger partial charge in [-0.15, -0.1) is 0 Å². The second kappa shape index (κ2) is 5.93. The average Bonchev–Trinajstić information content (AvgIpc) is 2.50. The summed E-state index contributed by atoms with van der Waals surface area (Å²) in [6.45, 7) is 3.21. The van der Waals surface area contributed by atoms with Gasteiger partial charge in [-0.3, -0.25) is 9.78 Å². The zero-order chi connectivity index (χ0) is 14.7. The molecule has 1 amide bonds. The van der Waals surface area contributed by atoms with Gasteiger partial charge in [0.05, 0.1) is 5.69 Å². The van der Waals surface area contributed by atoms with Crippen LogP contribution in [0.1, 0.15) is 18.1 Å². The van der Waals surface area contributed by atoms with Crippen LogP contribution in [0.4, 0.5) is 5.69 Å². The first kappa shape index (κ1) is 13.6. The molecule has 0 radical (unpaired) electrons. The number of carbonyl (C=O) groups excluding carboxylic acids is 1. The number of carbonyl (C=O) groups is 1. The number of nitrogens with one attached hydrogen (secondary N) is 2. The zero-order valence-corrected chi connectivity index (χ0v) is 11.8. The van der Waals surface area contributed by atoms with Crippen LogP contribution in [0.3, 0.4) is 0 Å². The second-order valence-electron chi connectivity index (χ2n) is 5.04. The first-order valence-corrected chi connectivity index (χ1v) is 6.92. The van der Waals surface area contributed by atoms with Crippen LogP contribution in [0.5, 0.6) is 5.75 Å². The van der Waals surface area contributed by atoms with E-state index >= 15 is 0 Å². The van der Waals surface area contributed by atoms with Crippen molar-refractivity contribution in [3.8, 4) is 5.75 Å². The molecule has 21 heavy (non-hydrogen) atoms. The third kappa shape index (κ3) is 3.20. The summed E-state index contributed by atoms with van der Waals surface area (Å²) in [4.78, 5) is 15.7. The van der Waals surface area contributed by atoms with E-state index in [4.69, 9.17) is 4.74 Å². The molecule has 1 unspecified atom stereocenters.